The lowest BCUT2D eigenvalue weighted by Gasteiger charge is -2.22. The predicted octanol–water partition coefficient (Wildman–Crippen LogP) is 2.53. The van der Waals surface area contributed by atoms with Gasteiger partial charge >= 0.3 is 0 Å². The topological polar surface area (TPSA) is 74.2 Å². The van der Waals surface area contributed by atoms with Gasteiger partial charge in [-0.05, 0) is 31.2 Å². The zero-order valence-corrected chi connectivity index (χ0v) is 11.6. The van der Waals surface area contributed by atoms with Crippen LogP contribution in [0.1, 0.15) is 49.0 Å². The standard InChI is InChI=1S/C15H19N3O2/c1-19-15(9-5-6-10-15)14-17-13(20-18-14)12(16)11-7-3-2-4-8-11/h2-4,7-8,12H,5-6,9-10,16H2,1H3. The van der Waals surface area contributed by atoms with Crippen LogP contribution in [0.25, 0.3) is 0 Å². The zero-order valence-electron chi connectivity index (χ0n) is 11.6. The first kappa shape index (κ1) is 13.3. The summed E-state index contributed by atoms with van der Waals surface area (Å²) >= 11 is 0. The van der Waals surface area contributed by atoms with Gasteiger partial charge in [-0.2, -0.15) is 4.98 Å². The molecule has 0 aliphatic heterocycles. The minimum absolute atomic E-state index is 0.391. The summed E-state index contributed by atoms with van der Waals surface area (Å²) in [7, 11) is 1.71. The normalized spacial score (nSPS) is 19.1. The van der Waals surface area contributed by atoms with Crippen LogP contribution in [0.3, 0.4) is 0 Å². The quantitative estimate of drug-likeness (QED) is 0.926. The molecule has 5 nitrogen and oxygen atoms in total. The van der Waals surface area contributed by atoms with Crippen LogP contribution < -0.4 is 5.73 Å². The summed E-state index contributed by atoms with van der Waals surface area (Å²) in [6, 6.07) is 9.35. The van der Waals surface area contributed by atoms with E-state index in [-0.39, 0.29) is 0 Å². The Morgan fingerprint density at radius 3 is 2.60 bits per heavy atom. The van der Waals surface area contributed by atoms with Crippen LogP contribution in [0.5, 0.6) is 0 Å². The predicted molar refractivity (Wildman–Crippen MR) is 73.9 cm³/mol. The lowest BCUT2D eigenvalue weighted by molar-refractivity contribution is -0.0178. The van der Waals surface area contributed by atoms with Gasteiger partial charge in [-0.25, -0.2) is 0 Å². The monoisotopic (exact) mass is 273 g/mol. The Labute approximate surface area is 118 Å². The van der Waals surface area contributed by atoms with Gasteiger partial charge in [-0.3, -0.25) is 0 Å². The first-order chi connectivity index (χ1) is 9.75. The second-order valence-corrected chi connectivity index (χ2v) is 5.25. The van der Waals surface area contributed by atoms with Gasteiger partial charge in [0.1, 0.15) is 11.6 Å². The lowest BCUT2D eigenvalue weighted by atomic mass is 10.0. The van der Waals surface area contributed by atoms with Crippen LogP contribution in [0.15, 0.2) is 34.9 Å². The van der Waals surface area contributed by atoms with Gasteiger partial charge in [0.15, 0.2) is 0 Å². The van der Waals surface area contributed by atoms with E-state index in [0.29, 0.717) is 11.7 Å². The van der Waals surface area contributed by atoms with Crippen molar-refractivity contribution >= 4 is 0 Å². The molecule has 106 valence electrons. The number of nitrogens with two attached hydrogens (primary N) is 1. The van der Waals surface area contributed by atoms with Crippen LogP contribution in [-0.4, -0.2) is 17.3 Å². The molecule has 1 unspecified atom stereocenters. The summed E-state index contributed by atoms with van der Waals surface area (Å²) in [4.78, 5) is 4.48. The van der Waals surface area contributed by atoms with Crippen molar-refractivity contribution in [3.8, 4) is 0 Å². The van der Waals surface area contributed by atoms with Crippen molar-refractivity contribution in [1.82, 2.24) is 10.1 Å². The molecule has 3 rings (SSSR count). The van der Waals surface area contributed by atoms with Crippen LogP contribution in [0.4, 0.5) is 0 Å². The van der Waals surface area contributed by atoms with Gasteiger partial charge in [0, 0.05) is 7.11 Å². The fourth-order valence-corrected chi connectivity index (χ4v) is 2.81. The zero-order chi connectivity index (χ0) is 14.0. The number of ether oxygens (including phenoxy) is 1. The Hall–Kier alpha value is -1.72. The van der Waals surface area contributed by atoms with Crippen molar-refractivity contribution < 1.29 is 9.26 Å². The third kappa shape index (κ3) is 2.23. The summed E-state index contributed by atoms with van der Waals surface area (Å²) in [6.07, 6.45) is 4.12. The highest BCUT2D eigenvalue weighted by atomic mass is 16.5. The van der Waals surface area contributed by atoms with Gasteiger partial charge < -0.3 is 15.0 Å². The first-order valence-corrected chi connectivity index (χ1v) is 6.95. The number of aromatic nitrogens is 2. The van der Waals surface area contributed by atoms with Crippen molar-refractivity contribution in [2.75, 3.05) is 7.11 Å². The van der Waals surface area contributed by atoms with E-state index in [1.165, 1.54) is 0 Å². The molecule has 1 saturated carbocycles. The van der Waals surface area contributed by atoms with E-state index < -0.39 is 11.6 Å². The SMILES string of the molecule is COC1(c2noc(C(N)c3ccccc3)n2)CCCC1. The Morgan fingerprint density at radius 2 is 1.95 bits per heavy atom. The largest absolute Gasteiger partial charge is 0.370 e. The van der Waals surface area contributed by atoms with Gasteiger partial charge in [0.2, 0.25) is 11.7 Å². The van der Waals surface area contributed by atoms with E-state index in [2.05, 4.69) is 10.1 Å². The van der Waals surface area contributed by atoms with Crippen LogP contribution >= 0.6 is 0 Å². The van der Waals surface area contributed by atoms with E-state index in [1.54, 1.807) is 7.11 Å². The average Bonchev–Trinajstić information content (AvgIpc) is 3.17. The van der Waals surface area contributed by atoms with Gasteiger partial charge in [-0.15, -0.1) is 0 Å². The van der Waals surface area contributed by atoms with E-state index >= 15 is 0 Å². The Morgan fingerprint density at radius 1 is 1.25 bits per heavy atom. The Bertz CT molecular complexity index is 562. The number of hydrogen-bond acceptors (Lipinski definition) is 5. The molecule has 1 aromatic heterocycles. The molecule has 2 N–H and O–H groups in total. The highest BCUT2D eigenvalue weighted by molar-refractivity contribution is 5.23. The summed E-state index contributed by atoms with van der Waals surface area (Å²) in [5.41, 5.74) is 6.74. The fraction of sp³-hybridized carbons (Fsp3) is 0.467. The van der Waals surface area contributed by atoms with Crippen LogP contribution in [0, 0.1) is 0 Å². The van der Waals surface area contributed by atoms with E-state index in [9.17, 15) is 0 Å². The summed E-state index contributed by atoms with van der Waals surface area (Å²) in [5.74, 6) is 1.06. The molecule has 1 atom stereocenters. The number of methoxy groups -OCH3 is 1. The second-order valence-electron chi connectivity index (χ2n) is 5.25. The van der Waals surface area contributed by atoms with Crippen LogP contribution in [-0.2, 0) is 10.3 Å². The smallest absolute Gasteiger partial charge is 0.248 e. The minimum Gasteiger partial charge on any atom is -0.370 e. The maximum atomic E-state index is 6.18. The highest BCUT2D eigenvalue weighted by Crippen LogP contribution is 2.40. The maximum Gasteiger partial charge on any atom is 0.248 e. The molecule has 0 amide bonds. The molecule has 1 aliphatic rings. The molecule has 1 fully saturated rings. The molecule has 0 radical (unpaired) electrons. The van der Waals surface area contributed by atoms with Crippen molar-refractivity contribution in [3.05, 3.63) is 47.6 Å². The summed E-state index contributed by atoms with van der Waals surface area (Å²) in [6.45, 7) is 0. The third-order valence-electron chi connectivity index (χ3n) is 4.08. The molecule has 1 heterocycles. The number of rotatable bonds is 4. The molecule has 0 spiro atoms. The highest BCUT2D eigenvalue weighted by Gasteiger charge is 2.40. The van der Waals surface area contributed by atoms with E-state index in [1.807, 2.05) is 30.3 Å². The molecule has 0 saturated heterocycles. The van der Waals surface area contributed by atoms with E-state index in [0.717, 1.165) is 31.2 Å². The molecule has 2 aromatic rings. The Kier molecular flexibility index (Phi) is 3.54. The number of benzene rings is 1. The molecule has 20 heavy (non-hydrogen) atoms. The lowest BCUT2D eigenvalue weighted by Crippen LogP contribution is -2.26. The van der Waals surface area contributed by atoms with Crippen molar-refractivity contribution in [2.24, 2.45) is 5.73 Å². The second kappa shape index (κ2) is 5.34. The average molecular weight is 273 g/mol. The maximum absolute atomic E-state index is 6.18. The third-order valence-corrected chi connectivity index (χ3v) is 4.08. The molecule has 0 bridgehead atoms. The first-order valence-electron chi connectivity index (χ1n) is 6.95. The van der Waals surface area contributed by atoms with Crippen molar-refractivity contribution in [1.29, 1.82) is 0 Å². The number of nitrogens with zero attached hydrogens (tertiary/aromatic N) is 2. The van der Waals surface area contributed by atoms with Gasteiger partial charge in [0.05, 0.1) is 0 Å². The summed E-state index contributed by atoms with van der Waals surface area (Å²) in [5, 5.41) is 4.10. The number of hydrogen-bond donors (Lipinski definition) is 1. The molecule has 5 heteroatoms. The van der Waals surface area contributed by atoms with Gasteiger partial charge in [0.25, 0.3) is 0 Å². The molecule has 1 aliphatic carbocycles. The molecular formula is C15H19N3O2. The van der Waals surface area contributed by atoms with Crippen molar-refractivity contribution in [2.45, 2.75) is 37.3 Å². The minimum atomic E-state index is -0.396. The summed E-state index contributed by atoms with van der Waals surface area (Å²) < 4.78 is 11.0. The Balaban J connectivity index is 1.87. The molecule has 1 aromatic carbocycles. The van der Waals surface area contributed by atoms with Gasteiger partial charge in [-0.1, -0.05) is 35.5 Å². The van der Waals surface area contributed by atoms with E-state index in [4.69, 9.17) is 15.0 Å². The molecular weight excluding hydrogens is 254 g/mol. The van der Waals surface area contributed by atoms with Crippen molar-refractivity contribution in [3.63, 3.8) is 0 Å². The fourth-order valence-electron chi connectivity index (χ4n) is 2.81. The van der Waals surface area contributed by atoms with Crippen LogP contribution in [0.2, 0.25) is 0 Å².